The Bertz CT molecular complexity index is 704. The molecular formula is C44H93NO5S2. The number of aliphatic hydroxyl groups is 2. The third kappa shape index (κ3) is 44.3. The molecule has 0 fully saturated rings. The summed E-state index contributed by atoms with van der Waals surface area (Å²) >= 11 is 4.85. The summed E-state index contributed by atoms with van der Waals surface area (Å²) in [5, 5.41) is 18.6. The van der Waals surface area contributed by atoms with Gasteiger partial charge in [-0.25, -0.2) is 0 Å². The molecule has 0 aromatic rings. The average molecular weight is 780 g/mol. The Hall–Kier alpha value is -0.0600. The van der Waals surface area contributed by atoms with Crippen LogP contribution >= 0.6 is 23.2 Å². The second kappa shape index (κ2) is 47.1. The molecule has 0 heterocycles. The molecule has 0 aromatic heterocycles. The highest BCUT2D eigenvalue weighted by Gasteiger charge is 2.19. The van der Waals surface area contributed by atoms with E-state index in [1.54, 1.807) is 0 Å². The van der Waals surface area contributed by atoms with E-state index in [4.69, 9.17) is 25.7 Å². The number of hydrogen-bond acceptors (Lipinski definition) is 7. The van der Waals surface area contributed by atoms with Crippen molar-refractivity contribution >= 4 is 23.2 Å². The number of ether oxygens (including phenoxy) is 1. The number of hydrogen-bond donors (Lipinski definition) is 3. The van der Waals surface area contributed by atoms with Crippen LogP contribution < -0.4 is 0 Å². The zero-order chi connectivity index (χ0) is 39.4. The van der Waals surface area contributed by atoms with Gasteiger partial charge in [-0.15, -0.1) is 0 Å². The SMILES string of the molecule is CC.CC.CCCCC/C=C\C/C=C\CCCCCCCC(OCC(S)CCCCCCCC)OS(C)(C)OCCCCCCN(CCO)CCO. The summed E-state index contributed by atoms with van der Waals surface area (Å²) in [5.74, 6) is 0. The molecule has 6 nitrogen and oxygen atoms in total. The molecule has 0 aromatic carbocycles. The quantitative estimate of drug-likeness (QED) is 0.0251. The molecule has 0 aliphatic heterocycles. The Morgan fingerprint density at radius 1 is 0.596 bits per heavy atom. The van der Waals surface area contributed by atoms with Crippen molar-refractivity contribution in [2.24, 2.45) is 0 Å². The summed E-state index contributed by atoms with van der Waals surface area (Å²) in [4.78, 5) is 2.12. The van der Waals surface area contributed by atoms with E-state index in [0.717, 1.165) is 57.9 Å². The van der Waals surface area contributed by atoms with Crippen LogP contribution in [0.25, 0.3) is 0 Å². The van der Waals surface area contributed by atoms with Gasteiger partial charge in [0.2, 0.25) is 0 Å². The van der Waals surface area contributed by atoms with Gasteiger partial charge in [0.25, 0.3) is 0 Å². The van der Waals surface area contributed by atoms with Crippen LogP contribution in [0.5, 0.6) is 0 Å². The van der Waals surface area contributed by atoms with Crippen LogP contribution in [0.2, 0.25) is 0 Å². The van der Waals surface area contributed by atoms with E-state index in [2.05, 4.69) is 55.6 Å². The van der Waals surface area contributed by atoms with E-state index in [0.29, 0.717) is 26.3 Å². The molecular weight excluding hydrogens is 687 g/mol. The fourth-order valence-electron chi connectivity index (χ4n) is 5.70. The average Bonchev–Trinajstić information content (AvgIpc) is 3.14. The van der Waals surface area contributed by atoms with Gasteiger partial charge in [-0.3, -0.25) is 13.3 Å². The number of thiol groups is 1. The number of aliphatic hydroxyl groups excluding tert-OH is 2. The predicted molar refractivity (Wildman–Crippen MR) is 238 cm³/mol. The molecule has 0 aliphatic rings. The molecule has 2 N–H and O–H groups in total. The lowest BCUT2D eigenvalue weighted by Crippen LogP contribution is -2.30. The number of unbranched alkanes of at least 4 members (excludes halogenated alkanes) is 16. The normalized spacial score (nSPS) is 13.3. The van der Waals surface area contributed by atoms with Gasteiger partial charge in [0.1, 0.15) is 0 Å². The molecule has 0 amide bonds. The van der Waals surface area contributed by atoms with E-state index in [1.807, 2.05) is 27.7 Å². The molecule has 0 spiro atoms. The lowest BCUT2D eigenvalue weighted by molar-refractivity contribution is -0.0829. The predicted octanol–water partition coefficient (Wildman–Crippen LogP) is 13.0. The van der Waals surface area contributed by atoms with Crippen LogP contribution in [-0.2, 0) is 13.1 Å². The Labute approximate surface area is 333 Å². The zero-order valence-corrected chi connectivity index (χ0v) is 37.8. The maximum Gasteiger partial charge on any atom is 0.180 e. The molecule has 0 radical (unpaired) electrons. The van der Waals surface area contributed by atoms with E-state index in [1.165, 1.54) is 96.3 Å². The van der Waals surface area contributed by atoms with Crippen molar-refractivity contribution in [3.63, 3.8) is 0 Å². The summed E-state index contributed by atoms with van der Waals surface area (Å²) in [5.41, 5.74) is 0. The smallest absolute Gasteiger partial charge is 0.180 e. The van der Waals surface area contributed by atoms with Crippen molar-refractivity contribution in [1.82, 2.24) is 4.90 Å². The Morgan fingerprint density at radius 2 is 1.08 bits per heavy atom. The number of rotatable bonds is 38. The fraction of sp³-hybridized carbons (Fsp3) is 0.909. The maximum absolute atomic E-state index is 9.19. The van der Waals surface area contributed by atoms with Crippen LogP contribution in [0.1, 0.15) is 189 Å². The first-order chi connectivity index (χ1) is 25.4. The topological polar surface area (TPSA) is 71.4 Å². The van der Waals surface area contributed by atoms with Crippen LogP contribution in [0.3, 0.4) is 0 Å². The van der Waals surface area contributed by atoms with Crippen molar-refractivity contribution in [2.75, 3.05) is 58.6 Å². The Balaban J connectivity index is -0.00000578. The van der Waals surface area contributed by atoms with Gasteiger partial charge in [0, 0.05) is 37.3 Å². The van der Waals surface area contributed by atoms with E-state index >= 15 is 0 Å². The van der Waals surface area contributed by atoms with Crippen molar-refractivity contribution in [1.29, 1.82) is 0 Å². The van der Waals surface area contributed by atoms with Gasteiger partial charge < -0.3 is 14.9 Å². The largest absolute Gasteiger partial charge is 0.395 e. The van der Waals surface area contributed by atoms with Gasteiger partial charge in [0.05, 0.1) is 26.4 Å². The fourth-order valence-corrected chi connectivity index (χ4v) is 7.21. The second-order valence-corrected chi connectivity index (χ2v) is 17.2. The maximum atomic E-state index is 9.19. The van der Waals surface area contributed by atoms with E-state index in [9.17, 15) is 10.2 Å². The van der Waals surface area contributed by atoms with E-state index in [-0.39, 0.29) is 24.8 Å². The summed E-state index contributed by atoms with van der Waals surface area (Å²) in [7, 11) is -1.68. The molecule has 0 rings (SSSR count). The summed E-state index contributed by atoms with van der Waals surface area (Å²) < 4.78 is 19.2. The molecule has 0 aliphatic carbocycles. The molecule has 316 valence electrons. The summed E-state index contributed by atoms with van der Waals surface area (Å²) in [6, 6.07) is 0. The third-order valence-electron chi connectivity index (χ3n) is 8.66. The molecule has 52 heavy (non-hydrogen) atoms. The van der Waals surface area contributed by atoms with Gasteiger partial charge >= 0.3 is 0 Å². The third-order valence-corrected chi connectivity index (χ3v) is 10.5. The second-order valence-electron chi connectivity index (χ2n) is 13.8. The first-order valence-electron chi connectivity index (χ1n) is 22.0. The van der Waals surface area contributed by atoms with Crippen LogP contribution in [0, 0.1) is 0 Å². The Kier molecular flexibility index (Phi) is 51.0. The van der Waals surface area contributed by atoms with Gasteiger partial charge in [0.15, 0.2) is 6.29 Å². The standard InChI is InChI=1S/C40H81NO5S2.2C2H6/c1-5-7-9-11-13-14-15-16-17-18-19-20-21-23-27-31-40(44-38-39(47)30-26-22-12-10-8-6-2)46-48(3,4)45-37-29-25-24-28-32-41(33-35-42)34-36-43;2*1-2/h13-14,16-17,39-40,42-43,47H,5-12,15,18-38H2,1-4H3;2*1-2H3/b14-13-,17-16-;;. The van der Waals surface area contributed by atoms with Crippen LogP contribution in [-0.4, -0.2) is 85.2 Å². The molecule has 2 atom stereocenters. The van der Waals surface area contributed by atoms with Crippen LogP contribution in [0.15, 0.2) is 24.3 Å². The van der Waals surface area contributed by atoms with E-state index < -0.39 is 10.6 Å². The Morgan fingerprint density at radius 3 is 1.67 bits per heavy atom. The molecule has 0 saturated carbocycles. The lowest BCUT2D eigenvalue weighted by Gasteiger charge is -2.38. The monoisotopic (exact) mass is 780 g/mol. The minimum atomic E-state index is -1.68. The highest BCUT2D eigenvalue weighted by molar-refractivity contribution is 8.24. The van der Waals surface area contributed by atoms with Crippen molar-refractivity contribution in [2.45, 2.75) is 201 Å². The molecule has 0 saturated heterocycles. The molecule has 2 unspecified atom stereocenters. The van der Waals surface area contributed by atoms with Gasteiger partial charge in [-0.05, 0) is 64.3 Å². The highest BCUT2D eigenvalue weighted by Crippen LogP contribution is 2.45. The van der Waals surface area contributed by atoms with Crippen molar-refractivity contribution < 1.29 is 23.3 Å². The van der Waals surface area contributed by atoms with Crippen molar-refractivity contribution in [3.05, 3.63) is 24.3 Å². The minimum absolute atomic E-state index is 0.139. The summed E-state index contributed by atoms with van der Waals surface area (Å²) in [6.45, 7) is 16.3. The van der Waals surface area contributed by atoms with Crippen LogP contribution in [0.4, 0.5) is 0 Å². The van der Waals surface area contributed by atoms with Crippen molar-refractivity contribution in [3.8, 4) is 0 Å². The number of nitrogens with zero attached hydrogens (tertiary/aromatic N) is 1. The minimum Gasteiger partial charge on any atom is -0.395 e. The molecule has 0 bridgehead atoms. The van der Waals surface area contributed by atoms with Gasteiger partial charge in [-0.2, -0.15) is 23.2 Å². The zero-order valence-electron chi connectivity index (χ0n) is 36.1. The molecule has 8 heteroatoms. The first-order valence-corrected chi connectivity index (χ1v) is 24.8. The first kappa shape index (κ1) is 56.3. The lowest BCUT2D eigenvalue weighted by atomic mass is 10.1. The summed E-state index contributed by atoms with van der Waals surface area (Å²) in [6.07, 6.45) is 40.9. The number of allylic oxidation sites excluding steroid dienone is 4. The van der Waals surface area contributed by atoms with Gasteiger partial charge in [-0.1, -0.05) is 149 Å². The highest BCUT2D eigenvalue weighted by atomic mass is 32.3.